The van der Waals surface area contributed by atoms with E-state index in [1.807, 2.05) is 9.80 Å². The third-order valence-corrected chi connectivity index (χ3v) is 6.25. The number of hydrogen-bond donors (Lipinski definition) is 2. The first-order valence-corrected chi connectivity index (χ1v) is 10.9. The quantitative estimate of drug-likeness (QED) is 0.635. The van der Waals surface area contributed by atoms with Gasteiger partial charge in [-0.15, -0.1) is 0 Å². The number of halogens is 3. The monoisotopic (exact) mass is 446 g/mol. The second-order valence-corrected chi connectivity index (χ2v) is 8.43. The van der Waals surface area contributed by atoms with E-state index in [9.17, 15) is 13.2 Å². The van der Waals surface area contributed by atoms with E-state index in [0.717, 1.165) is 43.4 Å². The molecular weight excluding hydrogens is 421 g/mol. The zero-order valence-corrected chi connectivity index (χ0v) is 17.5. The zero-order chi connectivity index (χ0) is 22.1. The Morgan fingerprint density at radius 3 is 2.00 bits per heavy atom. The Morgan fingerprint density at radius 1 is 0.844 bits per heavy atom. The van der Waals surface area contributed by atoms with Crippen LogP contribution in [-0.4, -0.2) is 56.1 Å². The second-order valence-electron chi connectivity index (χ2n) is 8.43. The average molecular weight is 446 g/mol. The molecule has 2 N–H and O–H groups in total. The van der Waals surface area contributed by atoms with E-state index in [4.69, 9.17) is 0 Å². The number of anilines is 2. The highest BCUT2D eigenvalue weighted by Gasteiger charge is 2.36. The molecule has 3 aromatic rings. The summed E-state index contributed by atoms with van der Waals surface area (Å²) in [5.41, 5.74) is -0.905. The van der Waals surface area contributed by atoms with E-state index in [1.54, 1.807) is 24.8 Å². The van der Waals surface area contributed by atoms with E-state index in [1.165, 1.54) is 0 Å². The Labute approximate surface area is 183 Å². The molecule has 2 saturated heterocycles. The molecule has 11 heteroatoms. The molecule has 2 fully saturated rings. The predicted molar refractivity (Wildman–Crippen MR) is 113 cm³/mol. The van der Waals surface area contributed by atoms with Crippen molar-refractivity contribution in [2.45, 2.75) is 43.7 Å². The topological polar surface area (TPSA) is 89.6 Å². The van der Waals surface area contributed by atoms with E-state index in [2.05, 4.69) is 29.9 Å². The summed E-state index contributed by atoms with van der Waals surface area (Å²) < 4.78 is 41.2. The van der Waals surface area contributed by atoms with Gasteiger partial charge in [-0.1, -0.05) is 0 Å². The van der Waals surface area contributed by atoms with E-state index < -0.39 is 11.9 Å². The van der Waals surface area contributed by atoms with Crippen molar-refractivity contribution in [2.24, 2.45) is 0 Å². The Morgan fingerprint density at radius 2 is 1.44 bits per heavy atom. The van der Waals surface area contributed by atoms with E-state index in [-0.39, 0.29) is 17.8 Å². The fourth-order valence-electron chi connectivity index (χ4n) is 4.66. The smallest absolute Gasteiger partial charge is 0.356 e. The molecule has 0 bridgehead atoms. The maximum atomic E-state index is 13.7. The van der Waals surface area contributed by atoms with Crippen LogP contribution in [0, 0.1) is 0 Å². The van der Waals surface area contributed by atoms with Gasteiger partial charge in [0.15, 0.2) is 5.69 Å². The molecule has 2 aliphatic heterocycles. The minimum Gasteiger partial charge on any atom is -0.356 e. The van der Waals surface area contributed by atoms with Crippen LogP contribution in [0.1, 0.15) is 54.9 Å². The number of imidazole rings is 2. The molecule has 0 radical (unpaired) electrons. The lowest BCUT2D eigenvalue weighted by Crippen LogP contribution is -2.38. The molecule has 0 aromatic carbocycles. The molecular formula is C21H25F3N8. The molecule has 0 spiro atoms. The van der Waals surface area contributed by atoms with Crippen LogP contribution in [0.15, 0.2) is 30.9 Å². The summed E-state index contributed by atoms with van der Waals surface area (Å²) in [6.07, 6.45) is 5.94. The third kappa shape index (κ3) is 4.28. The number of hydrogen-bond acceptors (Lipinski definition) is 6. The van der Waals surface area contributed by atoms with Crippen molar-refractivity contribution in [3.63, 3.8) is 0 Å². The number of piperidine rings is 2. The third-order valence-electron chi connectivity index (χ3n) is 6.25. The number of aromatic amines is 2. The lowest BCUT2D eigenvalue weighted by atomic mass is 9.97. The first-order chi connectivity index (χ1) is 15.5. The van der Waals surface area contributed by atoms with Gasteiger partial charge in [0.25, 0.3) is 0 Å². The number of rotatable bonds is 4. The summed E-state index contributed by atoms with van der Waals surface area (Å²) in [4.78, 5) is 27.2. The maximum absolute atomic E-state index is 13.7. The van der Waals surface area contributed by atoms with Gasteiger partial charge < -0.3 is 19.8 Å². The van der Waals surface area contributed by atoms with Crippen LogP contribution >= 0.6 is 0 Å². The second kappa shape index (κ2) is 8.44. The van der Waals surface area contributed by atoms with E-state index in [0.29, 0.717) is 32.0 Å². The standard InChI is InChI=1S/C21H25F3N8/c22-21(23,24)16-11-17(31-9-1-3-14(12-31)18-25-5-6-26-18)30-20(29-16)32-10-2-4-15(13-32)19-27-7-8-28-19/h5-8,11,14-15H,1-4,9-10,12-13H2,(H,25,26)(H,27,28). The number of H-pyrrole nitrogens is 2. The SMILES string of the molecule is FC(F)(F)c1cc(N2CCCC(c3ncc[nH]3)C2)nc(N2CCCC(c3ncc[nH]3)C2)n1. The van der Waals surface area contributed by atoms with Crippen LogP contribution in [0.3, 0.4) is 0 Å². The van der Waals surface area contributed by atoms with Gasteiger partial charge in [0.05, 0.1) is 0 Å². The predicted octanol–water partition coefficient (Wildman–Crippen LogP) is 3.71. The molecule has 5 rings (SSSR count). The number of nitrogens with one attached hydrogen (secondary N) is 2. The summed E-state index contributed by atoms with van der Waals surface area (Å²) >= 11 is 0. The molecule has 0 saturated carbocycles. The molecule has 170 valence electrons. The fraction of sp³-hybridized carbons (Fsp3) is 0.524. The van der Waals surface area contributed by atoms with Crippen molar-refractivity contribution in [2.75, 3.05) is 36.0 Å². The summed E-state index contributed by atoms with van der Waals surface area (Å²) in [5.74, 6) is 2.39. The maximum Gasteiger partial charge on any atom is 0.433 e. The average Bonchev–Trinajstić information content (AvgIpc) is 3.53. The van der Waals surface area contributed by atoms with Crippen LogP contribution < -0.4 is 9.80 Å². The summed E-state index contributed by atoms with van der Waals surface area (Å²) in [6, 6.07) is 1.07. The Kier molecular flexibility index (Phi) is 5.48. The first-order valence-electron chi connectivity index (χ1n) is 10.9. The van der Waals surface area contributed by atoms with Gasteiger partial charge >= 0.3 is 6.18 Å². The van der Waals surface area contributed by atoms with E-state index >= 15 is 0 Å². The lowest BCUT2D eigenvalue weighted by Gasteiger charge is -2.35. The summed E-state index contributed by atoms with van der Waals surface area (Å²) in [7, 11) is 0. The van der Waals surface area contributed by atoms with Crippen molar-refractivity contribution >= 4 is 11.8 Å². The first kappa shape index (κ1) is 20.8. The molecule has 2 atom stereocenters. The minimum atomic E-state index is -4.54. The number of alkyl halides is 3. The minimum absolute atomic E-state index is 0.110. The van der Waals surface area contributed by atoms with Crippen molar-refractivity contribution in [3.05, 3.63) is 48.2 Å². The van der Waals surface area contributed by atoms with Crippen LogP contribution in [0.25, 0.3) is 0 Å². The normalized spacial score (nSPS) is 22.3. The number of nitrogens with zero attached hydrogens (tertiary/aromatic N) is 6. The molecule has 8 nitrogen and oxygen atoms in total. The van der Waals surface area contributed by atoms with Crippen LogP contribution in [0.4, 0.5) is 24.9 Å². The van der Waals surface area contributed by atoms with Gasteiger partial charge in [-0.25, -0.2) is 15.0 Å². The highest BCUT2D eigenvalue weighted by atomic mass is 19.4. The molecule has 2 unspecified atom stereocenters. The van der Waals surface area contributed by atoms with Gasteiger partial charge in [-0.2, -0.15) is 18.2 Å². The highest BCUT2D eigenvalue weighted by molar-refractivity contribution is 5.48. The van der Waals surface area contributed by atoms with Gasteiger partial charge in [-0.05, 0) is 25.7 Å². The lowest BCUT2D eigenvalue weighted by molar-refractivity contribution is -0.141. The van der Waals surface area contributed by atoms with Crippen molar-refractivity contribution < 1.29 is 13.2 Å². The van der Waals surface area contributed by atoms with Crippen LogP contribution in [-0.2, 0) is 6.18 Å². The van der Waals surface area contributed by atoms with Gasteiger partial charge in [0.2, 0.25) is 5.95 Å². The fourth-order valence-corrected chi connectivity index (χ4v) is 4.66. The van der Waals surface area contributed by atoms with Crippen molar-refractivity contribution in [1.29, 1.82) is 0 Å². The number of aromatic nitrogens is 6. The summed E-state index contributed by atoms with van der Waals surface area (Å²) in [6.45, 7) is 2.37. The van der Waals surface area contributed by atoms with Crippen molar-refractivity contribution in [1.82, 2.24) is 29.9 Å². The molecule has 0 aliphatic carbocycles. The van der Waals surface area contributed by atoms with Crippen LogP contribution in [0.5, 0.6) is 0 Å². The van der Waals surface area contributed by atoms with Gasteiger partial charge in [0.1, 0.15) is 17.5 Å². The van der Waals surface area contributed by atoms with Gasteiger partial charge in [0, 0.05) is 68.9 Å². The largest absolute Gasteiger partial charge is 0.433 e. The zero-order valence-electron chi connectivity index (χ0n) is 17.5. The molecule has 3 aromatic heterocycles. The Balaban J connectivity index is 1.44. The van der Waals surface area contributed by atoms with Crippen LogP contribution in [0.2, 0.25) is 0 Å². The molecule has 32 heavy (non-hydrogen) atoms. The molecule has 0 amide bonds. The Hall–Kier alpha value is -3.11. The summed E-state index contributed by atoms with van der Waals surface area (Å²) in [5, 5.41) is 0. The Bertz CT molecular complexity index is 946. The molecule has 5 heterocycles. The molecule has 2 aliphatic rings. The highest BCUT2D eigenvalue weighted by Crippen LogP contribution is 2.35. The van der Waals surface area contributed by atoms with Gasteiger partial charge in [-0.3, -0.25) is 0 Å². The van der Waals surface area contributed by atoms with Crippen molar-refractivity contribution in [3.8, 4) is 0 Å².